The number of halogens is 1. The first-order valence-corrected chi connectivity index (χ1v) is 12.0. The number of carbonyl (C=O) groups is 2. The van der Waals surface area contributed by atoms with Crippen molar-refractivity contribution in [3.8, 4) is 11.6 Å². The number of aromatic amines is 1. The molecule has 1 unspecified atom stereocenters. The van der Waals surface area contributed by atoms with E-state index < -0.39 is 11.7 Å². The lowest BCUT2D eigenvalue weighted by Gasteiger charge is -2.12. The fourth-order valence-electron chi connectivity index (χ4n) is 3.17. The predicted molar refractivity (Wildman–Crippen MR) is 132 cm³/mol. The second-order valence-corrected chi connectivity index (χ2v) is 9.07. The van der Waals surface area contributed by atoms with E-state index in [1.54, 1.807) is 30.5 Å². The molecule has 2 amide bonds. The van der Waals surface area contributed by atoms with Crippen LogP contribution in [0.15, 0.2) is 45.9 Å². The summed E-state index contributed by atoms with van der Waals surface area (Å²) in [7, 11) is 0. The van der Waals surface area contributed by atoms with Crippen molar-refractivity contribution >= 4 is 56.3 Å². The number of H-pyrrole nitrogens is 1. The average molecular weight is 549 g/mol. The second kappa shape index (κ2) is 10.6. The van der Waals surface area contributed by atoms with E-state index >= 15 is 0 Å². The number of hydrogen-bond donors (Lipinski definition) is 6. The van der Waals surface area contributed by atoms with Gasteiger partial charge in [0.15, 0.2) is 0 Å². The van der Waals surface area contributed by atoms with Gasteiger partial charge in [-0.1, -0.05) is 17.8 Å². The van der Waals surface area contributed by atoms with Gasteiger partial charge < -0.3 is 31.4 Å². The summed E-state index contributed by atoms with van der Waals surface area (Å²) in [6, 6.07) is 6.41. The van der Waals surface area contributed by atoms with E-state index in [0.29, 0.717) is 52.9 Å². The zero-order valence-electron chi connectivity index (χ0n) is 17.7. The Kier molecular flexibility index (Phi) is 7.37. The van der Waals surface area contributed by atoms with Crippen LogP contribution in [-0.2, 0) is 4.79 Å². The summed E-state index contributed by atoms with van der Waals surface area (Å²) < 4.78 is 1.81. The summed E-state index contributed by atoms with van der Waals surface area (Å²) in [6.45, 7) is 1.00. The van der Waals surface area contributed by atoms with Gasteiger partial charge in [0, 0.05) is 30.7 Å². The van der Waals surface area contributed by atoms with Gasteiger partial charge in [0.05, 0.1) is 16.4 Å². The zero-order chi connectivity index (χ0) is 24.1. The van der Waals surface area contributed by atoms with Crippen LogP contribution >= 0.6 is 27.7 Å². The molecule has 34 heavy (non-hydrogen) atoms. The number of aromatic hydroxyl groups is 1. The minimum Gasteiger partial charge on any atom is -0.493 e. The lowest BCUT2D eigenvalue weighted by Crippen LogP contribution is -2.43. The number of anilines is 3. The van der Waals surface area contributed by atoms with Crippen LogP contribution in [-0.4, -0.2) is 60.7 Å². The fourth-order valence-corrected chi connectivity index (χ4v) is 4.28. The first kappa shape index (κ1) is 23.6. The van der Waals surface area contributed by atoms with Gasteiger partial charge in [-0.3, -0.25) is 9.59 Å². The van der Waals surface area contributed by atoms with E-state index in [0.717, 1.165) is 16.3 Å². The lowest BCUT2D eigenvalue weighted by atomic mass is 10.2. The Morgan fingerprint density at radius 1 is 1.32 bits per heavy atom. The summed E-state index contributed by atoms with van der Waals surface area (Å²) in [5, 5.41) is 21.4. The largest absolute Gasteiger partial charge is 0.493 e. The molecule has 0 radical (unpaired) electrons. The lowest BCUT2D eigenvalue weighted by molar-refractivity contribution is -0.122. The van der Waals surface area contributed by atoms with E-state index in [4.69, 9.17) is 0 Å². The molecule has 1 fully saturated rings. The fraction of sp³-hybridized carbons (Fsp3) is 0.250. The van der Waals surface area contributed by atoms with E-state index in [-0.39, 0.29) is 17.0 Å². The molecule has 12 nitrogen and oxygen atoms in total. The van der Waals surface area contributed by atoms with Gasteiger partial charge in [-0.15, -0.1) is 0 Å². The van der Waals surface area contributed by atoms with Crippen LogP contribution < -0.4 is 27.0 Å². The molecular weight excluding hydrogens is 528 g/mol. The third-order valence-corrected chi connectivity index (χ3v) is 6.26. The van der Waals surface area contributed by atoms with Crippen LogP contribution in [0.25, 0.3) is 5.69 Å². The van der Waals surface area contributed by atoms with E-state index in [1.807, 2.05) is 0 Å². The van der Waals surface area contributed by atoms with Crippen molar-refractivity contribution in [2.45, 2.75) is 12.5 Å². The molecule has 3 heterocycles. The average Bonchev–Trinajstić information content (AvgIpc) is 3.40. The van der Waals surface area contributed by atoms with Crippen molar-refractivity contribution < 1.29 is 14.7 Å². The second-order valence-electron chi connectivity index (χ2n) is 7.22. The van der Waals surface area contributed by atoms with Gasteiger partial charge in [-0.25, -0.2) is 14.3 Å². The van der Waals surface area contributed by atoms with Crippen molar-refractivity contribution in [2.24, 2.45) is 0 Å². The number of aromatic nitrogens is 4. The number of carbonyl (C=O) groups excluding carboxylic acids is 2. The van der Waals surface area contributed by atoms with Gasteiger partial charge in [0.2, 0.25) is 17.7 Å². The molecule has 1 atom stereocenters. The summed E-state index contributed by atoms with van der Waals surface area (Å²) in [5.41, 5.74) is 0.643. The number of benzene rings is 1. The monoisotopic (exact) mass is 548 g/mol. The number of hydrogen-bond acceptors (Lipinski definition) is 9. The minimum absolute atomic E-state index is 0.178. The standard InChI is InChI=1S/C20H21BrN8O4S/c21-13-8-24-18(26-11-3-1-4-12(7-11)29-15(30)9-25-19(29)32)28-16(13)22-5-2-6-23-17(31)14-10-34-20(33)27-14/h1,3-4,7-9,14,30H,2,5-6,10H2,(H,23,31)(H,25,32)(H,27,33)(H2,22,24,26,28). The molecule has 1 aromatic carbocycles. The molecule has 178 valence electrons. The van der Waals surface area contributed by atoms with Gasteiger partial charge >= 0.3 is 5.69 Å². The molecule has 3 aromatic rings. The van der Waals surface area contributed by atoms with Crippen molar-refractivity contribution in [1.82, 2.24) is 30.2 Å². The Morgan fingerprint density at radius 2 is 2.18 bits per heavy atom. The van der Waals surface area contributed by atoms with Crippen LogP contribution in [0.1, 0.15) is 6.42 Å². The highest BCUT2D eigenvalue weighted by Crippen LogP contribution is 2.23. The molecule has 0 bridgehead atoms. The maximum absolute atomic E-state index is 12.0. The first-order chi connectivity index (χ1) is 16.4. The number of thioether (sulfide) groups is 1. The van der Waals surface area contributed by atoms with Gasteiger partial charge in [0.25, 0.3) is 5.24 Å². The highest BCUT2D eigenvalue weighted by atomic mass is 79.9. The molecule has 1 aliphatic rings. The quantitative estimate of drug-likeness (QED) is 0.219. The molecule has 4 rings (SSSR count). The van der Waals surface area contributed by atoms with Crippen LogP contribution in [0, 0.1) is 0 Å². The number of rotatable bonds is 9. The Morgan fingerprint density at radius 3 is 2.91 bits per heavy atom. The Labute approximate surface area is 206 Å². The van der Waals surface area contributed by atoms with E-state index in [2.05, 4.69) is 52.1 Å². The molecule has 6 N–H and O–H groups in total. The number of nitrogens with zero attached hydrogens (tertiary/aromatic N) is 3. The number of amides is 2. The molecule has 14 heteroatoms. The zero-order valence-corrected chi connectivity index (χ0v) is 20.1. The van der Waals surface area contributed by atoms with E-state index in [1.165, 1.54) is 6.20 Å². The maximum atomic E-state index is 12.0. The summed E-state index contributed by atoms with van der Waals surface area (Å²) >= 11 is 4.52. The van der Waals surface area contributed by atoms with Crippen molar-refractivity contribution in [3.63, 3.8) is 0 Å². The highest BCUT2D eigenvalue weighted by molar-refractivity contribution is 9.10. The molecule has 0 aliphatic carbocycles. The molecule has 0 saturated carbocycles. The maximum Gasteiger partial charge on any atom is 0.333 e. The summed E-state index contributed by atoms with van der Waals surface area (Å²) in [6.07, 6.45) is 3.47. The van der Waals surface area contributed by atoms with Crippen LogP contribution in [0.4, 0.5) is 22.2 Å². The number of imidazole rings is 1. The van der Waals surface area contributed by atoms with Crippen LogP contribution in [0.2, 0.25) is 0 Å². The molecule has 1 saturated heterocycles. The van der Waals surface area contributed by atoms with E-state index in [9.17, 15) is 19.5 Å². The smallest absolute Gasteiger partial charge is 0.333 e. The van der Waals surface area contributed by atoms with Crippen molar-refractivity contribution in [3.05, 3.63) is 51.6 Å². The predicted octanol–water partition coefficient (Wildman–Crippen LogP) is 1.91. The molecular formula is C20H21BrN8O4S. The Bertz CT molecular complexity index is 1260. The minimum atomic E-state index is -0.478. The normalized spacial score (nSPS) is 15.1. The Balaban J connectivity index is 1.32. The molecule has 1 aliphatic heterocycles. The topological polar surface area (TPSA) is 166 Å². The van der Waals surface area contributed by atoms with Crippen LogP contribution in [0.5, 0.6) is 5.88 Å². The highest BCUT2D eigenvalue weighted by Gasteiger charge is 2.27. The summed E-state index contributed by atoms with van der Waals surface area (Å²) in [5.74, 6) is 0.954. The summed E-state index contributed by atoms with van der Waals surface area (Å²) in [4.78, 5) is 46.2. The number of nitrogens with one attached hydrogen (secondary N) is 5. The third kappa shape index (κ3) is 5.69. The third-order valence-electron chi connectivity index (χ3n) is 4.80. The molecule has 0 spiro atoms. The van der Waals surface area contributed by atoms with Gasteiger partial charge in [-0.05, 0) is 40.5 Å². The SMILES string of the molecule is O=C1NC(C(=O)NCCCNc2nc(Nc3cccc(-n4c(O)c[nH]c4=O)c3)ncc2Br)CS1. The van der Waals surface area contributed by atoms with Crippen molar-refractivity contribution in [1.29, 1.82) is 0 Å². The molecule has 2 aromatic heterocycles. The van der Waals surface area contributed by atoms with Gasteiger partial charge in [0.1, 0.15) is 11.9 Å². The van der Waals surface area contributed by atoms with Crippen LogP contribution in [0.3, 0.4) is 0 Å². The van der Waals surface area contributed by atoms with Crippen molar-refractivity contribution in [2.75, 3.05) is 29.5 Å². The first-order valence-electron chi connectivity index (χ1n) is 10.2. The van der Waals surface area contributed by atoms with Gasteiger partial charge in [-0.2, -0.15) is 4.98 Å². The Hall–Kier alpha value is -3.52.